The molecule has 4 rings (SSSR count). The molecule has 144 valence electrons. The molecule has 5 nitrogen and oxygen atoms in total. The maximum atomic E-state index is 12.5. The number of benzene rings is 3. The Labute approximate surface area is 168 Å². The summed E-state index contributed by atoms with van der Waals surface area (Å²) in [6, 6.07) is 24.7. The molecule has 0 aliphatic rings. The number of carbonyl (C=O) groups is 2. The molecule has 2 N–H and O–H groups in total. The minimum absolute atomic E-state index is 0.0249. The summed E-state index contributed by atoms with van der Waals surface area (Å²) in [6.07, 6.45) is 1.82. The third kappa shape index (κ3) is 4.04. The zero-order chi connectivity index (χ0) is 20.2. The van der Waals surface area contributed by atoms with Gasteiger partial charge in [-0.3, -0.25) is 9.59 Å². The van der Waals surface area contributed by atoms with Crippen molar-refractivity contribution in [2.45, 2.75) is 6.54 Å². The van der Waals surface area contributed by atoms with E-state index < -0.39 is 5.91 Å². The summed E-state index contributed by atoms with van der Waals surface area (Å²) < 4.78 is 7.68. The molecule has 0 spiro atoms. The monoisotopic (exact) mass is 384 g/mol. The van der Waals surface area contributed by atoms with Gasteiger partial charge < -0.3 is 15.0 Å². The number of para-hydroxylation sites is 1. The highest BCUT2D eigenvalue weighted by Crippen LogP contribution is 2.29. The van der Waals surface area contributed by atoms with Gasteiger partial charge in [0.2, 0.25) is 5.91 Å². The highest BCUT2D eigenvalue weighted by Gasteiger charge is 2.11. The second-order valence-corrected chi connectivity index (χ2v) is 6.77. The molecular weight excluding hydrogens is 364 g/mol. The van der Waals surface area contributed by atoms with E-state index in [1.165, 1.54) is 0 Å². The van der Waals surface area contributed by atoms with Crippen LogP contribution in [-0.4, -0.2) is 22.9 Å². The molecule has 0 aliphatic carbocycles. The van der Waals surface area contributed by atoms with Gasteiger partial charge in [-0.25, -0.2) is 0 Å². The molecule has 5 heteroatoms. The third-order valence-electron chi connectivity index (χ3n) is 4.76. The number of aromatic nitrogens is 1. The average Bonchev–Trinajstić information content (AvgIpc) is 3.15. The largest absolute Gasteiger partial charge is 0.485 e. The Bertz CT molecular complexity index is 1180. The number of carbonyl (C=O) groups excluding carboxylic acids is 2. The molecule has 1 aromatic heterocycles. The van der Waals surface area contributed by atoms with E-state index in [0.29, 0.717) is 11.3 Å². The second kappa shape index (κ2) is 8.02. The quantitative estimate of drug-likeness (QED) is 0.522. The van der Waals surface area contributed by atoms with E-state index in [1.807, 2.05) is 71.4 Å². The third-order valence-corrected chi connectivity index (χ3v) is 4.76. The van der Waals surface area contributed by atoms with Crippen LogP contribution in [0.15, 0.2) is 85.1 Å². The Morgan fingerprint density at radius 1 is 0.897 bits per heavy atom. The molecule has 0 atom stereocenters. The summed E-state index contributed by atoms with van der Waals surface area (Å²) in [5.74, 6) is 0.154. The van der Waals surface area contributed by atoms with Gasteiger partial charge >= 0.3 is 0 Å². The summed E-state index contributed by atoms with van der Waals surface area (Å²) in [7, 11) is 0. The lowest BCUT2D eigenvalue weighted by atomic mass is 10.1. The highest BCUT2D eigenvalue weighted by molar-refractivity contribution is 5.97. The molecule has 0 bridgehead atoms. The minimum Gasteiger partial charge on any atom is -0.485 e. The zero-order valence-electron chi connectivity index (χ0n) is 15.7. The van der Waals surface area contributed by atoms with Crippen molar-refractivity contribution >= 4 is 22.6 Å². The summed E-state index contributed by atoms with van der Waals surface area (Å²) in [4.78, 5) is 23.9. The normalized spacial score (nSPS) is 10.8. The van der Waals surface area contributed by atoms with Crippen LogP contribution in [0.3, 0.4) is 0 Å². The van der Waals surface area contributed by atoms with Gasteiger partial charge in [-0.15, -0.1) is 0 Å². The number of Topliss-reactive ketones (excluding diaryl/α,β-unsaturated/α-hetero) is 1. The molecular formula is C24H20N2O3. The van der Waals surface area contributed by atoms with Crippen molar-refractivity contribution in [3.63, 3.8) is 0 Å². The number of ketones is 1. The number of rotatable bonds is 7. The molecule has 0 fully saturated rings. The molecule has 1 amide bonds. The van der Waals surface area contributed by atoms with Crippen molar-refractivity contribution in [3.8, 4) is 16.9 Å². The van der Waals surface area contributed by atoms with Crippen molar-refractivity contribution in [2.75, 3.05) is 6.61 Å². The van der Waals surface area contributed by atoms with Crippen LogP contribution in [0.2, 0.25) is 0 Å². The van der Waals surface area contributed by atoms with E-state index >= 15 is 0 Å². The van der Waals surface area contributed by atoms with Crippen LogP contribution in [0.1, 0.15) is 10.4 Å². The first-order valence-corrected chi connectivity index (χ1v) is 9.29. The smallest absolute Gasteiger partial charge is 0.248 e. The molecule has 4 aromatic rings. The van der Waals surface area contributed by atoms with Crippen LogP contribution in [0, 0.1) is 0 Å². The molecule has 0 saturated carbocycles. The second-order valence-electron chi connectivity index (χ2n) is 6.77. The molecule has 0 unspecified atom stereocenters. The van der Waals surface area contributed by atoms with E-state index in [9.17, 15) is 9.59 Å². The van der Waals surface area contributed by atoms with Crippen LogP contribution < -0.4 is 10.5 Å². The number of hydrogen-bond donors (Lipinski definition) is 1. The Balaban J connectivity index is 1.47. The van der Waals surface area contributed by atoms with Gasteiger partial charge in [-0.1, -0.05) is 48.5 Å². The van der Waals surface area contributed by atoms with Crippen LogP contribution in [0.25, 0.3) is 22.0 Å². The standard InChI is InChI=1S/C24H20N2O3/c25-24(28)19-10-11-22-18(14-19)12-13-26(22)15-20(27)16-29-23-9-5-4-8-21(23)17-6-2-1-3-7-17/h1-14H,15-16H2,(H2,25,28). The van der Waals surface area contributed by atoms with Gasteiger partial charge in [0.1, 0.15) is 12.4 Å². The van der Waals surface area contributed by atoms with Crippen molar-refractivity contribution < 1.29 is 14.3 Å². The molecule has 1 heterocycles. The topological polar surface area (TPSA) is 74.3 Å². The molecule has 0 saturated heterocycles. The molecule has 0 aliphatic heterocycles. The van der Waals surface area contributed by atoms with Gasteiger partial charge in [-0.05, 0) is 35.9 Å². The number of amides is 1. The van der Waals surface area contributed by atoms with Crippen molar-refractivity contribution in [1.29, 1.82) is 0 Å². The van der Waals surface area contributed by atoms with Crippen molar-refractivity contribution in [1.82, 2.24) is 4.57 Å². The zero-order valence-corrected chi connectivity index (χ0v) is 15.7. The lowest BCUT2D eigenvalue weighted by Gasteiger charge is -2.12. The fraction of sp³-hybridized carbons (Fsp3) is 0.0833. The number of fused-ring (bicyclic) bond motifs is 1. The number of primary amides is 1. The summed E-state index contributed by atoms with van der Waals surface area (Å²) in [5.41, 5.74) is 8.63. The van der Waals surface area contributed by atoms with Gasteiger partial charge in [0.15, 0.2) is 5.78 Å². The summed E-state index contributed by atoms with van der Waals surface area (Å²) in [5, 5.41) is 0.865. The SMILES string of the molecule is NC(=O)c1ccc2c(ccn2CC(=O)COc2ccccc2-c2ccccc2)c1. The lowest BCUT2D eigenvalue weighted by Crippen LogP contribution is -2.17. The van der Waals surface area contributed by atoms with E-state index in [-0.39, 0.29) is 18.9 Å². The predicted molar refractivity (Wildman–Crippen MR) is 113 cm³/mol. The Kier molecular flexibility index (Phi) is 5.12. The molecule has 3 aromatic carbocycles. The minimum atomic E-state index is -0.471. The maximum Gasteiger partial charge on any atom is 0.248 e. The van der Waals surface area contributed by atoms with E-state index in [1.54, 1.807) is 18.2 Å². The first-order chi connectivity index (χ1) is 14.1. The first-order valence-electron chi connectivity index (χ1n) is 9.29. The van der Waals surface area contributed by atoms with E-state index in [0.717, 1.165) is 22.0 Å². The molecule has 29 heavy (non-hydrogen) atoms. The Morgan fingerprint density at radius 3 is 2.45 bits per heavy atom. The summed E-state index contributed by atoms with van der Waals surface area (Å²) >= 11 is 0. The Morgan fingerprint density at radius 2 is 1.66 bits per heavy atom. The molecule has 0 radical (unpaired) electrons. The van der Waals surface area contributed by atoms with Crippen LogP contribution in [0.5, 0.6) is 5.75 Å². The van der Waals surface area contributed by atoms with Gasteiger partial charge in [0.05, 0.1) is 6.54 Å². The lowest BCUT2D eigenvalue weighted by molar-refractivity contribution is -0.121. The Hall–Kier alpha value is -3.86. The average molecular weight is 384 g/mol. The predicted octanol–water partition coefficient (Wildman–Crippen LogP) is 4.06. The van der Waals surface area contributed by atoms with E-state index in [4.69, 9.17) is 10.5 Å². The van der Waals surface area contributed by atoms with Crippen molar-refractivity contribution in [3.05, 3.63) is 90.6 Å². The van der Waals surface area contributed by atoms with Gasteiger partial charge in [-0.2, -0.15) is 0 Å². The van der Waals surface area contributed by atoms with Crippen LogP contribution >= 0.6 is 0 Å². The highest BCUT2D eigenvalue weighted by atomic mass is 16.5. The summed E-state index contributed by atoms with van der Waals surface area (Å²) in [6.45, 7) is 0.163. The number of nitrogens with zero attached hydrogens (tertiary/aromatic N) is 1. The fourth-order valence-electron chi connectivity index (χ4n) is 3.33. The maximum absolute atomic E-state index is 12.5. The number of ether oxygens (including phenoxy) is 1. The van der Waals surface area contributed by atoms with Gasteiger partial charge in [0, 0.05) is 28.2 Å². The van der Waals surface area contributed by atoms with Crippen LogP contribution in [-0.2, 0) is 11.3 Å². The van der Waals surface area contributed by atoms with Crippen LogP contribution in [0.4, 0.5) is 0 Å². The first kappa shape index (κ1) is 18.5. The number of nitrogens with two attached hydrogens (primary N) is 1. The fourth-order valence-corrected chi connectivity index (χ4v) is 3.33. The van der Waals surface area contributed by atoms with Crippen molar-refractivity contribution in [2.24, 2.45) is 5.73 Å². The van der Waals surface area contributed by atoms with Gasteiger partial charge in [0.25, 0.3) is 0 Å². The van der Waals surface area contributed by atoms with E-state index in [2.05, 4.69) is 0 Å². The number of hydrogen-bond acceptors (Lipinski definition) is 3.